The second-order valence-electron chi connectivity index (χ2n) is 3.86. The van der Waals surface area contributed by atoms with Crippen LogP contribution >= 0.6 is 15.9 Å². The van der Waals surface area contributed by atoms with E-state index in [1.165, 1.54) is 7.11 Å². The minimum atomic E-state index is -4.40. The van der Waals surface area contributed by atoms with Crippen LogP contribution in [0.3, 0.4) is 0 Å². The van der Waals surface area contributed by atoms with Crippen LogP contribution in [0.2, 0.25) is 0 Å². The molecule has 1 aromatic rings. The minimum absolute atomic E-state index is 0.176. The molecule has 0 bridgehead atoms. The number of hydrogen-bond acceptors (Lipinski definition) is 2. The maximum Gasteiger partial charge on any atom is 0.416 e. The van der Waals surface area contributed by atoms with E-state index in [2.05, 4.69) is 21.2 Å². The second-order valence-corrected chi connectivity index (χ2v) is 4.50. The molecular weight excluding hydrogens is 327 g/mol. The Morgan fingerprint density at radius 1 is 1.37 bits per heavy atom. The number of carbonyl (C=O) groups excluding carboxylic acids is 1. The van der Waals surface area contributed by atoms with Crippen molar-refractivity contribution in [3.05, 3.63) is 35.4 Å². The molecule has 1 amide bonds. The molecule has 1 N–H and O–H groups in total. The van der Waals surface area contributed by atoms with E-state index in [0.29, 0.717) is 11.9 Å². The first-order chi connectivity index (χ1) is 8.88. The number of benzene rings is 1. The van der Waals surface area contributed by atoms with Gasteiger partial charge in [-0.15, -0.1) is 0 Å². The van der Waals surface area contributed by atoms with Gasteiger partial charge in [0.2, 0.25) is 0 Å². The summed E-state index contributed by atoms with van der Waals surface area (Å²) in [4.78, 5) is 11.8. The summed E-state index contributed by atoms with van der Waals surface area (Å²) in [6.45, 7) is 0.317. The number of methoxy groups -OCH3 is 1. The van der Waals surface area contributed by atoms with Gasteiger partial charge in [-0.25, -0.2) is 0 Å². The van der Waals surface area contributed by atoms with Gasteiger partial charge in [-0.1, -0.05) is 15.9 Å². The molecule has 3 nitrogen and oxygen atoms in total. The Labute approximate surface area is 117 Å². The molecule has 0 fully saturated rings. The number of ether oxygens (including phenoxy) is 1. The standard InChI is InChI=1S/C12H13BrF3NO2/c1-19-7-10(6-13)17-11(18)8-2-4-9(5-3-8)12(14,15)16/h2-5,10H,6-7H2,1H3,(H,17,18). The van der Waals surface area contributed by atoms with Crippen LogP contribution < -0.4 is 5.32 Å². The molecule has 0 aliphatic carbocycles. The molecule has 1 unspecified atom stereocenters. The number of halogens is 4. The number of hydrogen-bond donors (Lipinski definition) is 1. The molecule has 0 radical (unpaired) electrons. The zero-order chi connectivity index (χ0) is 14.5. The first kappa shape index (κ1) is 16.0. The summed E-state index contributed by atoms with van der Waals surface area (Å²) >= 11 is 3.21. The zero-order valence-electron chi connectivity index (χ0n) is 10.1. The predicted molar refractivity (Wildman–Crippen MR) is 68.4 cm³/mol. The van der Waals surface area contributed by atoms with Crippen LogP contribution in [0, 0.1) is 0 Å². The summed E-state index contributed by atoms with van der Waals surface area (Å²) in [5.74, 6) is -0.435. The third-order valence-electron chi connectivity index (χ3n) is 2.36. The van der Waals surface area contributed by atoms with E-state index >= 15 is 0 Å². The van der Waals surface area contributed by atoms with Gasteiger partial charge in [-0.2, -0.15) is 13.2 Å². The fourth-order valence-electron chi connectivity index (χ4n) is 1.41. The number of nitrogens with one attached hydrogen (secondary N) is 1. The Bertz CT molecular complexity index is 420. The van der Waals surface area contributed by atoms with E-state index in [0.717, 1.165) is 24.3 Å². The quantitative estimate of drug-likeness (QED) is 0.837. The summed E-state index contributed by atoms with van der Waals surface area (Å²) in [6.07, 6.45) is -4.40. The smallest absolute Gasteiger partial charge is 0.383 e. The van der Waals surface area contributed by atoms with Crippen LogP contribution in [0.25, 0.3) is 0 Å². The van der Waals surface area contributed by atoms with Gasteiger partial charge in [0.25, 0.3) is 5.91 Å². The molecule has 1 aromatic carbocycles. The van der Waals surface area contributed by atoms with E-state index in [9.17, 15) is 18.0 Å². The summed E-state index contributed by atoms with van der Waals surface area (Å²) in [5, 5.41) is 3.14. The lowest BCUT2D eigenvalue weighted by molar-refractivity contribution is -0.137. The molecule has 0 heterocycles. The summed E-state index contributed by atoms with van der Waals surface area (Å²) < 4.78 is 42.0. The number of carbonyl (C=O) groups is 1. The van der Waals surface area contributed by atoms with E-state index in [1.807, 2.05) is 0 Å². The number of rotatable bonds is 5. The Hall–Kier alpha value is -1.08. The maximum atomic E-state index is 12.4. The number of amides is 1. The molecule has 0 saturated heterocycles. The van der Waals surface area contributed by atoms with Crippen LogP contribution in [0.5, 0.6) is 0 Å². The lowest BCUT2D eigenvalue weighted by atomic mass is 10.1. The minimum Gasteiger partial charge on any atom is -0.383 e. The van der Waals surface area contributed by atoms with Gasteiger partial charge in [0, 0.05) is 18.0 Å². The zero-order valence-corrected chi connectivity index (χ0v) is 11.7. The summed E-state index contributed by atoms with van der Waals surface area (Å²) in [7, 11) is 1.50. The molecule has 106 valence electrons. The highest BCUT2D eigenvalue weighted by Crippen LogP contribution is 2.29. The molecule has 0 spiro atoms. The normalized spacial score (nSPS) is 13.1. The van der Waals surface area contributed by atoms with Crippen molar-refractivity contribution in [2.24, 2.45) is 0 Å². The lowest BCUT2D eigenvalue weighted by Crippen LogP contribution is -2.39. The second kappa shape index (κ2) is 6.91. The average Bonchev–Trinajstić information content (AvgIpc) is 2.37. The van der Waals surface area contributed by atoms with Crippen LogP contribution in [-0.2, 0) is 10.9 Å². The van der Waals surface area contributed by atoms with Crippen molar-refractivity contribution in [2.45, 2.75) is 12.2 Å². The average molecular weight is 340 g/mol. The molecule has 0 saturated carbocycles. The van der Waals surface area contributed by atoms with Crippen molar-refractivity contribution in [1.82, 2.24) is 5.32 Å². The van der Waals surface area contributed by atoms with Gasteiger partial charge < -0.3 is 10.1 Å². The first-order valence-electron chi connectivity index (χ1n) is 5.41. The van der Waals surface area contributed by atoms with Gasteiger partial charge in [-0.05, 0) is 24.3 Å². The van der Waals surface area contributed by atoms with E-state index < -0.39 is 17.6 Å². The van der Waals surface area contributed by atoms with E-state index in [-0.39, 0.29) is 11.6 Å². The largest absolute Gasteiger partial charge is 0.416 e. The topological polar surface area (TPSA) is 38.3 Å². The Morgan fingerprint density at radius 3 is 2.37 bits per heavy atom. The fraction of sp³-hybridized carbons (Fsp3) is 0.417. The monoisotopic (exact) mass is 339 g/mol. The highest BCUT2D eigenvalue weighted by molar-refractivity contribution is 9.09. The summed E-state index contributed by atoms with van der Waals surface area (Å²) in [5.41, 5.74) is -0.604. The van der Waals surface area contributed by atoms with Crippen molar-refractivity contribution >= 4 is 21.8 Å². The van der Waals surface area contributed by atoms with Gasteiger partial charge in [0.05, 0.1) is 18.2 Å². The van der Waals surface area contributed by atoms with Crippen LogP contribution in [0.15, 0.2) is 24.3 Å². The third kappa shape index (κ3) is 4.83. The number of alkyl halides is 4. The predicted octanol–water partition coefficient (Wildman–Crippen LogP) is 2.85. The molecule has 1 rings (SSSR count). The highest BCUT2D eigenvalue weighted by atomic mass is 79.9. The van der Waals surface area contributed by atoms with Gasteiger partial charge >= 0.3 is 6.18 Å². The Balaban J connectivity index is 2.73. The molecule has 7 heteroatoms. The van der Waals surface area contributed by atoms with Crippen molar-refractivity contribution in [3.63, 3.8) is 0 Å². The van der Waals surface area contributed by atoms with E-state index in [1.54, 1.807) is 0 Å². The molecule has 0 aromatic heterocycles. The SMILES string of the molecule is COCC(CBr)NC(=O)c1ccc(C(F)(F)F)cc1. The maximum absolute atomic E-state index is 12.4. The molecular formula is C12H13BrF3NO2. The van der Waals surface area contributed by atoms with Gasteiger partial charge in [0.1, 0.15) is 0 Å². The van der Waals surface area contributed by atoms with Crippen molar-refractivity contribution < 1.29 is 22.7 Å². The third-order valence-corrected chi connectivity index (χ3v) is 3.15. The Kier molecular flexibility index (Phi) is 5.81. The fourth-order valence-corrected chi connectivity index (χ4v) is 1.75. The van der Waals surface area contributed by atoms with Gasteiger partial charge in [0.15, 0.2) is 0 Å². The van der Waals surface area contributed by atoms with Crippen molar-refractivity contribution in [3.8, 4) is 0 Å². The van der Waals surface area contributed by atoms with E-state index in [4.69, 9.17) is 4.74 Å². The molecule has 0 aliphatic heterocycles. The summed E-state index contributed by atoms with van der Waals surface area (Å²) in [6, 6.07) is 3.83. The first-order valence-corrected chi connectivity index (χ1v) is 6.53. The van der Waals surface area contributed by atoms with Crippen molar-refractivity contribution in [1.29, 1.82) is 0 Å². The van der Waals surface area contributed by atoms with Crippen LogP contribution in [0.1, 0.15) is 15.9 Å². The van der Waals surface area contributed by atoms with Gasteiger partial charge in [-0.3, -0.25) is 4.79 Å². The molecule has 0 aliphatic rings. The van der Waals surface area contributed by atoms with Crippen molar-refractivity contribution in [2.75, 3.05) is 19.0 Å². The van der Waals surface area contributed by atoms with Crippen LogP contribution in [-0.4, -0.2) is 31.0 Å². The Morgan fingerprint density at radius 2 is 1.95 bits per heavy atom. The highest BCUT2D eigenvalue weighted by Gasteiger charge is 2.30. The lowest BCUT2D eigenvalue weighted by Gasteiger charge is -2.15. The molecule has 1 atom stereocenters. The van der Waals surface area contributed by atoms with Crippen LogP contribution in [0.4, 0.5) is 13.2 Å². The molecule has 19 heavy (non-hydrogen) atoms.